The van der Waals surface area contributed by atoms with Crippen molar-refractivity contribution in [2.45, 2.75) is 32.9 Å². The fraction of sp³-hybridized carbons (Fsp3) is 0.240. The summed E-state index contributed by atoms with van der Waals surface area (Å²) in [5, 5.41) is 11.4. The maximum atomic E-state index is 13.2. The van der Waals surface area contributed by atoms with Gasteiger partial charge in [0.15, 0.2) is 5.76 Å². The first-order valence-corrected chi connectivity index (χ1v) is 11.1. The van der Waals surface area contributed by atoms with Gasteiger partial charge in [0, 0.05) is 44.1 Å². The Hall–Kier alpha value is -4.27. The van der Waals surface area contributed by atoms with Gasteiger partial charge in [-0.1, -0.05) is 12.1 Å². The molecular weight excluding hydrogens is 432 g/mol. The molecule has 0 aromatic carbocycles. The summed E-state index contributed by atoms with van der Waals surface area (Å²) in [4.78, 5) is 40.7. The number of Topliss-reactive ketones (excluding diaryl/α,β-unsaturated/α-hetero) is 1. The number of carbonyl (C=O) groups is 2. The smallest absolute Gasteiger partial charge is 0.295 e. The van der Waals surface area contributed by atoms with Crippen LogP contribution in [0.3, 0.4) is 0 Å². The van der Waals surface area contributed by atoms with Crippen LogP contribution in [-0.4, -0.2) is 52.2 Å². The molecule has 172 valence electrons. The standard InChI is InChI=1S/C25H24N6O3/c1-16-6-4-11-30-17(2)20(28-24(16)30)22(32)19-21(18-7-3-8-26-14-18)31(25(34)23(19)33)12-5-10-29-13-9-27-15-29/h3-4,6-9,11,13-15,21,32H,5,10,12H2,1-2H3/b22-19+. The van der Waals surface area contributed by atoms with Gasteiger partial charge >= 0.3 is 0 Å². The van der Waals surface area contributed by atoms with Gasteiger partial charge in [-0.3, -0.25) is 14.6 Å². The van der Waals surface area contributed by atoms with Crippen molar-refractivity contribution in [3.8, 4) is 0 Å². The van der Waals surface area contributed by atoms with E-state index in [2.05, 4.69) is 15.0 Å². The molecule has 1 N–H and O–H groups in total. The first-order chi connectivity index (χ1) is 16.5. The number of aryl methyl sites for hydroxylation is 3. The highest BCUT2D eigenvalue weighted by Gasteiger charge is 2.46. The monoisotopic (exact) mass is 456 g/mol. The summed E-state index contributed by atoms with van der Waals surface area (Å²) in [5.74, 6) is -1.63. The minimum Gasteiger partial charge on any atom is -0.505 e. The zero-order chi connectivity index (χ0) is 23.8. The zero-order valence-corrected chi connectivity index (χ0v) is 18.9. The number of aromatic nitrogens is 5. The van der Waals surface area contributed by atoms with Gasteiger partial charge in [-0.2, -0.15) is 0 Å². The van der Waals surface area contributed by atoms with Crippen molar-refractivity contribution in [1.29, 1.82) is 0 Å². The summed E-state index contributed by atoms with van der Waals surface area (Å²) in [5.41, 5.74) is 3.29. The number of pyridine rings is 2. The van der Waals surface area contributed by atoms with Crippen LogP contribution in [0, 0.1) is 13.8 Å². The van der Waals surface area contributed by atoms with E-state index in [1.165, 1.54) is 4.90 Å². The molecule has 5 rings (SSSR count). The molecule has 0 bridgehead atoms. The Balaban J connectivity index is 1.59. The van der Waals surface area contributed by atoms with Crippen molar-refractivity contribution in [3.63, 3.8) is 0 Å². The molecule has 1 fully saturated rings. The van der Waals surface area contributed by atoms with Crippen molar-refractivity contribution in [3.05, 3.63) is 89.7 Å². The maximum absolute atomic E-state index is 13.2. The second-order valence-corrected chi connectivity index (χ2v) is 8.36. The Kier molecular flexibility index (Phi) is 5.45. The number of amides is 1. The highest BCUT2D eigenvalue weighted by atomic mass is 16.3. The van der Waals surface area contributed by atoms with Gasteiger partial charge in [-0.25, -0.2) is 9.97 Å². The van der Waals surface area contributed by atoms with Gasteiger partial charge < -0.3 is 19.0 Å². The first-order valence-electron chi connectivity index (χ1n) is 11.1. The van der Waals surface area contributed by atoms with Crippen LogP contribution in [-0.2, 0) is 16.1 Å². The number of nitrogens with zero attached hydrogens (tertiary/aromatic N) is 6. The van der Waals surface area contributed by atoms with E-state index in [0.29, 0.717) is 42.1 Å². The lowest BCUT2D eigenvalue weighted by Crippen LogP contribution is -2.31. The van der Waals surface area contributed by atoms with Gasteiger partial charge in [0.25, 0.3) is 11.7 Å². The third kappa shape index (κ3) is 3.55. The largest absolute Gasteiger partial charge is 0.505 e. The van der Waals surface area contributed by atoms with E-state index in [9.17, 15) is 14.7 Å². The van der Waals surface area contributed by atoms with Crippen LogP contribution in [0.4, 0.5) is 0 Å². The number of hydrogen-bond acceptors (Lipinski definition) is 6. The molecule has 9 nitrogen and oxygen atoms in total. The molecule has 1 atom stereocenters. The lowest BCUT2D eigenvalue weighted by atomic mass is 9.97. The molecule has 4 aromatic heterocycles. The molecule has 1 unspecified atom stereocenters. The number of ketones is 1. The van der Waals surface area contributed by atoms with E-state index in [1.807, 2.05) is 47.3 Å². The Morgan fingerprint density at radius 1 is 1.06 bits per heavy atom. The molecule has 5 heterocycles. The molecule has 4 aromatic rings. The van der Waals surface area contributed by atoms with E-state index in [1.54, 1.807) is 37.1 Å². The molecule has 1 aliphatic rings. The second-order valence-electron chi connectivity index (χ2n) is 8.36. The number of hydrogen-bond donors (Lipinski definition) is 1. The van der Waals surface area contributed by atoms with Gasteiger partial charge in [-0.05, 0) is 43.5 Å². The Morgan fingerprint density at radius 3 is 2.62 bits per heavy atom. The predicted octanol–water partition coefficient (Wildman–Crippen LogP) is 3.05. The van der Waals surface area contributed by atoms with Crippen LogP contribution in [0.2, 0.25) is 0 Å². The van der Waals surface area contributed by atoms with Gasteiger partial charge in [0.2, 0.25) is 0 Å². The van der Waals surface area contributed by atoms with Crippen molar-refractivity contribution in [2.24, 2.45) is 0 Å². The molecule has 9 heteroatoms. The number of likely N-dealkylation sites (tertiary alicyclic amines) is 1. The molecule has 1 amide bonds. The fourth-order valence-corrected chi connectivity index (χ4v) is 4.51. The van der Waals surface area contributed by atoms with E-state index in [0.717, 1.165) is 5.56 Å². The fourth-order valence-electron chi connectivity index (χ4n) is 4.51. The summed E-state index contributed by atoms with van der Waals surface area (Å²) in [6.45, 7) is 4.74. The SMILES string of the molecule is Cc1cccn2c(C)c(/C(O)=C3\C(=O)C(=O)N(CCCn4ccnc4)C3c3cccnc3)nc12. The van der Waals surface area contributed by atoms with Crippen molar-refractivity contribution >= 4 is 23.1 Å². The molecule has 0 saturated carbocycles. The van der Waals surface area contributed by atoms with E-state index < -0.39 is 17.7 Å². The van der Waals surface area contributed by atoms with Crippen LogP contribution in [0.1, 0.15) is 35.0 Å². The number of aliphatic hydroxyl groups is 1. The van der Waals surface area contributed by atoms with Crippen LogP contribution in [0.5, 0.6) is 0 Å². The van der Waals surface area contributed by atoms with Crippen molar-refractivity contribution in [2.75, 3.05) is 6.54 Å². The lowest BCUT2D eigenvalue weighted by Gasteiger charge is -2.25. The first kappa shape index (κ1) is 21.6. The minimum atomic E-state index is -0.748. The third-order valence-corrected chi connectivity index (χ3v) is 6.22. The average Bonchev–Trinajstić information content (AvgIpc) is 3.54. The zero-order valence-electron chi connectivity index (χ0n) is 18.9. The number of rotatable bonds is 6. The molecule has 0 spiro atoms. The van der Waals surface area contributed by atoms with Crippen LogP contribution in [0.25, 0.3) is 11.4 Å². The number of carbonyl (C=O) groups excluding carboxylic acids is 2. The molecule has 1 saturated heterocycles. The Morgan fingerprint density at radius 2 is 1.91 bits per heavy atom. The summed E-state index contributed by atoms with van der Waals surface area (Å²) >= 11 is 0. The van der Waals surface area contributed by atoms with Crippen molar-refractivity contribution in [1.82, 2.24) is 28.8 Å². The van der Waals surface area contributed by atoms with Crippen molar-refractivity contribution < 1.29 is 14.7 Å². The van der Waals surface area contributed by atoms with Crippen LogP contribution >= 0.6 is 0 Å². The highest BCUT2D eigenvalue weighted by molar-refractivity contribution is 6.46. The lowest BCUT2D eigenvalue weighted by molar-refractivity contribution is -0.139. The molecule has 34 heavy (non-hydrogen) atoms. The molecular formula is C25H24N6O3. The minimum absolute atomic E-state index is 0.0322. The Labute approximate surface area is 196 Å². The second kappa shape index (κ2) is 8.58. The third-order valence-electron chi connectivity index (χ3n) is 6.22. The summed E-state index contributed by atoms with van der Waals surface area (Å²) in [6, 6.07) is 6.64. The number of aliphatic hydroxyl groups excluding tert-OH is 1. The normalized spacial score (nSPS) is 17.7. The number of fused-ring (bicyclic) bond motifs is 1. The quantitative estimate of drug-likeness (QED) is 0.272. The van der Waals surface area contributed by atoms with E-state index >= 15 is 0 Å². The Bertz CT molecular complexity index is 1410. The van der Waals surface area contributed by atoms with Crippen LogP contribution in [0.15, 0.2) is 67.2 Å². The van der Waals surface area contributed by atoms with Gasteiger partial charge in [0.1, 0.15) is 11.3 Å². The topological polar surface area (TPSA) is 106 Å². The number of imidazole rings is 2. The summed E-state index contributed by atoms with van der Waals surface area (Å²) < 4.78 is 3.78. The summed E-state index contributed by atoms with van der Waals surface area (Å²) in [6.07, 6.45) is 11.0. The molecule has 1 aliphatic heterocycles. The van der Waals surface area contributed by atoms with E-state index in [4.69, 9.17) is 0 Å². The van der Waals surface area contributed by atoms with Crippen LogP contribution < -0.4 is 0 Å². The highest BCUT2D eigenvalue weighted by Crippen LogP contribution is 2.39. The maximum Gasteiger partial charge on any atom is 0.295 e. The van der Waals surface area contributed by atoms with E-state index in [-0.39, 0.29) is 11.3 Å². The predicted molar refractivity (Wildman–Crippen MR) is 125 cm³/mol. The molecule has 0 radical (unpaired) electrons. The average molecular weight is 457 g/mol. The van der Waals surface area contributed by atoms with Gasteiger partial charge in [-0.15, -0.1) is 0 Å². The molecule has 0 aliphatic carbocycles. The summed E-state index contributed by atoms with van der Waals surface area (Å²) in [7, 11) is 0. The van der Waals surface area contributed by atoms with Gasteiger partial charge in [0.05, 0.1) is 23.6 Å².